The highest BCUT2D eigenvalue weighted by Gasteiger charge is 2.43. The molecular formula is C29H37F3N8O. The van der Waals surface area contributed by atoms with E-state index >= 15 is 0 Å². The van der Waals surface area contributed by atoms with E-state index in [1.54, 1.807) is 17.0 Å². The van der Waals surface area contributed by atoms with Gasteiger partial charge in [-0.2, -0.15) is 23.5 Å². The molecular weight excluding hydrogens is 533 g/mol. The molecule has 41 heavy (non-hydrogen) atoms. The average Bonchev–Trinajstić information content (AvgIpc) is 3.23. The van der Waals surface area contributed by atoms with Crippen LogP contribution in [-0.4, -0.2) is 88.9 Å². The number of nitrogens with zero attached hydrogens (tertiary/aromatic N) is 8. The van der Waals surface area contributed by atoms with Gasteiger partial charge >= 0.3 is 6.18 Å². The summed E-state index contributed by atoms with van der Waals surface area (Å²) in [6.45, 7) is 14.5. The van der Waals surface area contributed by atoms with Gasteiger partial charge in [0.15, 0.2) is 5.69 Å². The first-order valence-corrected chi connectivity index (χ1v) is 14.0. The molecule has 1 amide bonds. The lowest BCUT2D eigenvalue weighted by molar-refractivity contribution is -0.141. The van der Waals surface area contributed by atoms with Crippen LogP contribution in [0.2, 0.25) is 0 Å². The second-order valence-corrected chi connectivity index (χ2v) is 12.0. The lowest BCUT2D eigenvalue weighted by atomic mass is 9.71. The van der Waals surface area contributed by atoms with E-state index in [1.807, 2.05) is 34.6 Å². The van der Waals surface area contributed by atoms with Gasteiger partial charge in [0.2, 0.25) is 5.91 Å². The predicted octanol–water partition coefficient (Wildman–Crippen LogP) is 3.55. The molecule has 5 rings (SSSR count). The summed E-state index contributed by atoms with van der Waals surface area (Å²) < 4.78 is 44.6. The molecule has 3 aliphatic rings. The number of piperazine rings is 1. The quantitative estimate of drug-likeness (QED) is 0.509. The van der Waals surface area contributed by atoms with Crippen molar-refractivity contribution in [2.24, 2.45) is 12.5 Å². The molecule has 2 aromatic heterocycles. The van der Waals surface area contributed by atoms with Crippen molar-refractivity contribution >= 4 is 17.4 Å². The Hall–Kier alpha value is -3.59. The fourth-order valence-corrected chi connectivity index (χ4v) is 6.68. The van der Waals surface area contributed by atoms with Crippen molar-refractivity contribution in [1.82, 2.24) is 24.6 Å². The molecule has 3 fully saturated rings. The Balaban J connectivity index is 1.37. The van der Waals surface area contributed by atoms with Crippen molar-refractivity contribution in [2.45, 2.75) is 45.3 Å². The van der Waals surface area contributed by atoms with E-state index < -0.39 is 17.4 Å². The maximum absolute atomic E-state index is 14.2. The van der Waals surface area contributed by atoms with E-state index in [2.05, 4.69) is 35.4 Å². The van der Waals surface area contributed by atoms with Crippen molar-refractivity contribution in [3.8, 4) is 6.07 Å². The fraction of sp³-hybridized carbons (Fsp3) is 0.586. The summed E-state index contributed by atoms with van der Waals surface area (Å²) in [6, 6.07) is 3.61. The van der Waals surface area contributed by atoms with Crippen LogP contribution in [0.5, 0.6) is 0 Å². The maximum Gasteiger partial charge on any atom is 0.434 e. The first-order chi connectivity index (χ1) is 19.3. The average molecular weight is 571 g/mol. The number of aryl methyl sites for hydroxylation is 2. The molecule has 0 aliphatic carbocycles. The molecule has 0 saturated carbocycles. The minimum Gasteiger partial charge on any atom is -0.367 e. The standard InChI is InChI=1S/C29H37F3N8O/c1-6-25(41)38-11-9-37(10-12-38)20-16-40(17-20)23-13-24(35-27(21(23)14-33)29(30,31)32)39-8-7-22(28(3,4)18-39)26-19(2)15-34-36(26)5/h6,13,15,20,22H,1,7-12,16-18H2,2-5H3/t22-/m0/s1. The molecule has 220 valence electrons. The number of halogens is 3. The van der Waals surface area contributed by atoms with Crippen LogP contribution in [0.4, 0.5) is 24.7 Å². The van der Waals surface area contributed by atoms with Crippen LogP contribution in [0, 0.1) is 23.7 Å². The number of amides is 1. The first kappa shape index (κ1) is 28.9. The third kappa shape index (κ3) is 5.39. The monoisotopic (exact) mass is 570 g/mol. The van der Waals surface area contributed by atoms with Gasteiger partial charge in [-0.05, 0) is 30.4 Å². The zero-order valence-corrected chi connectivity index (χ0v) is 24.1. The summed E-state index contributed by atoms with van der Waals surface area (Å²) in [5.74, 6) is 0.356. The smallest absolute Gasteiger partial charge is 0.367 e. The molecule has 0 N–H and O–H groups in total. The highest BCUT2D eigenvalue weighted by Crippen LogP contribution is 2.45. The van der Waals surface area contributed by atoms with Gasteiger partial charge in [-0.15, -0.1) is 0 Å². The van der Waals surface area contributed by atoms with Gasteiger partial charge in [-0.25, -0.2) is 4.98 Å². The molecule has 2 aromatic rings. The van der Waals surface area contributed by atoms with Crippen molar-refractivity contribution < 1.29 is 18.0 Å². The third-order valence-corrected chi connectivity index (χ3v) is 8.95. The normalized spacial score (nSPS) is 21.9. The Morgan fingerprint density at radius 2 is 1.85 bits per heavy atom. The molecule has 0 aromatic carbocycles. The molecule has 0 unspecified atom stereocenters. The minimum atomic E-state index is -4.76. The Kier molecular flexibility index (Phi) is 7.53. The molecule has 0 spiro atoms. The van der Waals surface area contributed by atoms with Gasteiger partial charge in [0.05, 0.1) is 11.9 Å². The number of pyridine rings is 1. The van der Waals surface area contributed by atoms with Gasteiger partial charge in [-0.3, -0.25) is 14.4 Å². The number of piperidine rings is 1. The maximum atomic E-state index is 14.2. The second kappa shape index (κ2) is 10.7. The number of nitriles is 1. The number of rotatable bonds is 5. The Labute approximate surface area is 238 Å². The summed E-state index contributed by atoms with van der Waals surface area (Å²) in [6.07, 6.45) is -0.846. The molecule has 0 radical (unpaired) electrons. The van der Waals surface area contributed by atoms with Crippen LogP contribution < -0.4 is 9.80 Å². The first-order valence-electron chi connectivity index (χ1n) is 14.0. The lowest BCUT2D eigenvalue weighted by Crippen LogP contribution is -2.63. The van der Waals surface area contributed by atoms with Crippen molar-refractivity contribution in [3.05, 3.63) is 47.4 Å². The van der Waals surface area contributed by atoms with Crippen molar-refractivity contribution in [2.75, 3.05) is 62.2 Å². The van der Waals surface area contributed by atoms with Crippen LogP contribution in [0.15, 0.2) is 24.9 Å². The Morgan fingerprint density at radius 3 is 2.39 bits per heavy atom. The van der Waals surface area contributed by atoms with Gasteiger partial charge in [0, 0.05) is 83.1 Å². The number of carbonyl (C=O) groups is 1. The van der Waals surface area contributed by atoms with E-state index in [0.717, 1.165) is 17.7 Å². The number of carbonyl (C=O) groups excluding carboxylic acids is 1. The van der Waals surface area contributed by atoms with E-state index in [9.17, 15) is 23.2 Å². The van der Waals surface area contributed by atoms with E-state index in [0.29, 0.717) is 52.4 Å². The Bertz CT molecular complexity index is 1340. The van der Waals surface area contributed by atoms with Crippen LogP contribution >= 0.6 is 0 Å². The minimum absolute atomic E-state index is 0.0924. The zero-order valence-electron chi connectivity index (χ0n) is 24.1. The fourth-order valence-electron chi connectivity index (χ4n) is 6.68. The summed E-state index contributed by atoms with van der Waals surface area (Å²) in [4.78, 5) is 23.7. The number of alkyl halides is 3. The number of aromatic nitrogens is 3. The van der Waals surface area contributed by atoms with Gasteiger partial charge < -0.3 is 14.7 Å². The van der Waals surface area contributed by atoms with Crippen LogP contribution in [0.25, 0.3) is 0 Å². The lowest BCUT2D eigenvalue weighted by Gasteiger charge is -2.49. The molecule has 9 nitrogen and oxygen atoms in total. The summed E-state index contributed by atoms with van der Waals surface area (Å²) in [5, 5.41) is 14.2. The van der Waals surface area contributed by atoms with Crippen LogP contribution in [-0.2, 0) is 18.0 Å². The predicted molar refractivity (Wildman–Crippen MR) is 150 cm³/mol. The molecule has 3 saturated heterocycles. The second-order valence-electron chi connectivity index (χ2n) is 12.0. The number of hydrogen-bond donors (Lipinski definition) is 0. The number of anilines is 2. The van der Waals surface area contributed by atoms with E-state index in [1.165, 1.54) is 6.08 Å². The highest BCUT2D eigenvalue weighted by atomic mass is 19.4. The van der Waals surface area contributed by atoms with E-state index in [4.69, 9.17) is 0 Å². The summed E-state index contributed by atoms with van der Waals surface area (Å²) in [7, 11) is 1.93. The third-order valence-electron chi connectivity index (χ3n) is 8.95. The number of hydrogen-bond acceptors (Lipinski definition) is 7. The summed E-state index contributed by atoms with van der Waals surface area (Å²) in [5.41, 5.74) is 0.736. The molecule has 3 aliphatic heterocycles. The van der Waals surface area contributed by atoms with Gasteiger partial charge in [-0.1, -0.05) is 20.4 Å². The molecule has 1 atom stereocenters. The van der Waals surface area contributed by atoms with Crippen LogP contribution in [0.1, 0.15) is 48.7 Å². The SMILES string of the molecule is C=CC(=O)N1CCN(C2CN(c3cc(N4CC[C@@H](c5c(C)cnn5C)C(C)(C)C4)nc(C(F)(F)F)c3C#N)C2)CC1. The Morgan fingerprint density at radius 1 is 1.17 bits per heavy atom. The topological polar surface area (TPSA) is 84.5 Å². The molecule has 5 heterocycles. The largest absolute Gasteiger partial charge is 0.434 e. The molecule has 0 bridgehead atoms. The van der Waals surface area contributed by atoms with Gasteiger partial charge in [0.25, 0.3) is 0 Å². The highest BCUT2D eigenvalue weighted by molar-refractivity contribution is 5.87. The molecule has 12 heteroatoms. The van der Waals surface area contributed by atoms with Crippen molar-refractivity contribution in [1.29, 1.82) is 5.26 Å². The summed E-state index contributed by atoms with van der Waals surface area (Å²) >= 11 is 0. The van der Waals surface area contributed by atoms with E-state index in [-0.39, 0.29) is 34.8 Å². The van der Waals surface area contributed by atoms with Gasteiger partial charge in [0.1, 0.15) is 17.5 Å². The van der Waals surface area contributed by atoms with Crippen LogP contribution in [0.3, 0.4) is 0 Å². The zero-order chi connectivity index (χ0) is 29.7. The van der Waals surface area contributed by atoms with Crippen molar-refractivity contribution in [3.63, 3.8) is 0 Å².